The van der Waals surface area contributed by atoms with Gasteiger partial charge in [-0.2, -0.15) is 0 Å². The van der Waals surface area contributed by atoms with Gasteiger partial charge in [-0.15, -0.1) is 0 Å². The minimum Gasteiger partial charge on any atom is -0.0622 e. The molecule has 2 aromatic rings. The first kappa shape index (κ1) is 23.8. The van der Waals surface area contributed by atoms with Crippen LogP contribution in [0.25, 0.3) is 0 Å². The summed E-state index contributed by atoms with van der Waals surface area (Å²) in [6, 6.07) is 23.1. The SMILES string of the molecule is CC(C)(C)C1CCC2C3CCC4CC(c5ccccc5)(c5ccccc5)CCC4(C)C3CCC21C. The van der Waals surface area contributed by atoms with Gasteiger partial charge in [-0.05, 0) is 115 Å². The topological polar surface area (TPSA) is 0 Å². The molecule has 0 N–H and O–H groups in total. The van der Waals surface area contributed by atoms with Crippen LogP contribution < -0.4 is 0 Å². The average Bonchev–Trinajstić information content (AvgIpc) is 3.23. The summed E-state index contributed by atoms with van der Waals surface area (Å²) in [5.74, 6) is 4.65. The van der Waals surface area contributed by atoms with Crippen molar-refractivity contribution in [3.05, 3.63) is 71.8 Å². The van der Waals surface area contributed by atoms with Crippen molar-refractivity contribution in [2.24, 2.45) is 45.8 Å². The Balaban J connectivity index is 1.32. The molecule has 0 radical (unpaired) electrons. The Morgan fingerprint density at radius 2 is 1.23 bits per heavy atom. The Labute approximate surface area is 215 Å². The Morgan fingerprint density at radius 3 is 1.83 bits per heavy atom. The second-order valence-electron chi connectivity index (χ2n) is 14.7. The largest absolute Gasteiger partial charge is 0.0622 e. The fourth-order valence-corrected chi connectivity index (χ4v) is 10.9. The third-order valence-electron chi connectivity index (χ3n) is 12.4. The van der Waals surface area contributed by atoms with E-state index in [9.17, 15) is 0 Å². The van der Waals surface area contributed by atoms with E-state index >= 15 is 0 Å². The van der Waals surface area contributed by atoms with Crippen molar-refractivity contribution < 1.29 is 0 Å². The second-order valence-corrected chi connectivity index (χ2v) is 14.7. The second kappa shape index (κ2) is 8.22. The van der Waals surface area contributed by atoms with Crippen molar-refractivity contribution in [2.45, 2.75) is 97.8 Å². The van der Waals surface area contributed by atoms with Gasteiger partial charge in [0, 0.05) is 5.41 Å². The number of fused-ring (bicyclic) bond motifs is 5. The summed E-state index contributed by atoms with van der Waals surface area (Å²) in [6.45, 7) is 13.0. The van der Waals surface area contributed by atoms with Gasteiger partial charge in [0.1, 0.15) is 0 Å². The van der Waals surface area contributed by atoms with Gasteiger partial charge in [-0.25, -0.2) is 0 Å². The molecule has 0 saturated heterocycles. The Kier molecular flexibility index (Phi) is 5.60. The minimum atomic E-state index is 0.188. The minimum absolute atomic E-state index is 0.188. The van der Waals surface area contributed by atoms with Gasteiger partial charge < -0.3 is 0 Å². The molecule has 0 aliphatic heterocycles. The summed E-state index contributed by atoms with van der Waals surface area (Å²) in [5, 5.41) is 0. The molecule has 0 nitrogen and oxygen atoms in total. The first-order valence-electron chi connectivity index (χ1n) is 14.8. The molecule has 35 heavy (non-hydrogen) atoms. The van der Waals surface area contributed by atoms with Crippen LogP contribution in [0.4, 0.5) is 0 Å². The van der Waals surface area contributed by atoms with Gasteiger partial charge in [0.15, 0.2) is 0 Å². The number of rotatable bonds is 2. The standard InChI is InChI=1S/C35H48/c1-32(2,3)31-19-18-29-28-17-16-27-24-35(25-12-8-6-9-13-25,26-14-10-7-11-15-26)23-22-33(27,4)30(28)20-21-34(29,31)5/h6-15,27-31H,16-24H2,1-5H3. The van der Waals surface area contributed by atoms with E-state index in [1.54, 1.807) is 11.1 Å². The molecule has 0 spiro atoms. The van der Waals surface area contributed by atoms with Crippen LogP contribution in [0.1, 0.15) is 104 Å². The zero-order valence-corrected chi connectivity index (χ0v) is 23.0. The Bertz CT molecular complexity index is 989. The van der Waals surface area contributed by atoms with Gasteiger partial charge in [-0.3, -0.25) is 0 Å². The van der Waals surface area contributed by atoms with Gasteiger partial charge in [-0.1, -0.05) is 95.3 Å². The molecule has 2 aromatic carbocycles. The molecule has 4 saturated carbocycles. The van der Waals surface area contributed by atoms with Gasteiger partial charge in [0.05, 0.1) is 0 Å². The van der Waals surface area contributed by atoms with E-state index in [0.717, 1.165) is 29.6 Å². The Hall–Kier alpha value is -1.56. The zero-order chi connectivity index (χ0) is 24.5. The normalized spacial score (nSPS) is 40.4. The molecule has 4 aliphatic rings. The highest BCUT2D eigenvalue weighted by atomic mass is 14.7. The molecule has 6 rings (SSSR count). The average molecular weight is 469 g/mol. The fourth-order valence-electron chi connectivity index (χ4n) is 10.9. The van der Waals surface area contributed by atoms with E-state index in [0.29, 0.717) is 16.2 Å². The van der Waals surface area contributed by atoms with Crippen LogP contribution in [0.2, 0.25) is 0 Å². The highest BCUT2D eigenvalue weighted by molar-refractivity contribution is 5.40. The van der Waals surface area contributed by atoms with Crippen molar-refractivity contribution in [3.63, 3.8) is 0 Å². The van der Waals surface area contributed by atoms with Gasteiger partial charge in [0.25, 0.3) is 0 Å². The van der Waals surface area contributed by atoms with Crippen LogP contribution in [0.3, 0.4) is 0 Å². The maximum Gasteiger partial charge on any atom is 0.0206 e. The summed E-state index contributed by atoms with van der Waals surface area (Å²) in [4.78, 5) is 0. The molecule has 4 aliphatic carbocycles. The van der Waals surface area contributed by atoms with E-state index < -0.39 is 0 Å². The lowest BCUT2D eigenvalue weighted by molar-refractivity contribution is -0.125. The first-order chi connectivity index (χ1) is 16.7. The molecule has 188 valence electrons. The maximum atomic E-state index is 2.74. The smallest absolute Gasteiger partial charge is 0.0206 e. The van der Waals surface area contributed by atoms with E-state index in [1.807, 2.05) is 0 Å². The number of hydrogen-bond donors (Lipinski definition) is 0. The third-order valence-corrected chi connectivity index (χ3v) is 12.4. The molecule has 0 heterocycles. The summed E-state index contributed by atoms with van der Waals surface area (Å²) >= 11 is 0. The van der Waals surface area contributed by atoms with Crippen LogP contribution in [0.5, 0.6) is 0 Å². The molecule has 0 heteroatoms. The van der Waals surface area contributed by atoms with E-state index in [2.05, 4.69) is 95.3 Å². The maximum absolute atomic E-state index is 2.74. The van der Waals surface area contributed by atoms with Crippen LogP contribution in [-0.2, 0) is 5.41 Å². The van der Waals surface area contributed by atoms with Crippen LogP contribution in [0.15, 0.2) is 60.7 Å². The molecule has 7 atom stereocenters. The van der Waals surface area contributed by atoms with E-state index in [4.69, 9.17) is 0 Å². The fraction of sp³-hybridized carbons (Fsp3) is 0.657. The molecular weight excluding hydrogens is 420 g/mol. The highest BCUT2D eigenvalue weighted by Crippen LogP contribution is 2.70. The van der Waals surface area contributed by atoms with Crippen molar-refractivity contribution in [2.75, 3.05) is 0 Å². The van der Waals surface area contributed by atoms with Crippen LogP contribution >= 0.6 is 0 Å². The third kappa shape index (κ3) is 3.52. The summed E-state index contributed by atoms with van der Waals surface area (Å²) in [7, 11) is 0. The van der Waals surface area contributed by atoms with Crippen molar-refractivity contribution >= 4 is 0 Å². The quantitative estimate of drug-likeness (QED) is 0.411. The molecule has 0 amide bonds. The predicted molar refractivity (Wildman–Crippen MR) is 148 cm³/mol. The molecule has 0 bridgehead atoms. The molecule has 4 fully saturated rings. The zero-order valence-electron chi connectivity index (χ0n) is 23.0. The lowest BCUT2D eigenvalue weighted by Crippen LogP contribution is -2.56. The monoisotopic (exact) mass is 468 g/mol. The predicted octanol–water partition coefficient (Wildman–Crippen LogP) is 9.68. The lowest BCUT2D eigenvalue weighted by atomic mass is 9.41. The summed E-state index contributed by atoms with van der Waals surface area (Å²) in [6.07, 6.45) is 12.9. The van der Waals surface area contributed by atoms with E-state index in [1.165, 1.54) is 57.8 Å². The summed E-state index contributed by atoms with van der Waals surface area (Å²) < 4.78 is 0. The van der Waals surface area contributed by atoms with Crippen LogP contribution in [0, 0.1) is 45.8 Å². The number of hydrogen-bond acceptors (Lipinski definition) is 0. The van der Waals surface area contributed by atoms with Crippen molar-refractivity contribution in [1.82, 2.24) is 0 Å². The number of benzene rings is 2. The van der Waals surface area contributed by atoms with Crippen molar-refractivity contribution in [3.8, 4) is 0 Å². The Morgan fingerprint density at radius 1 is 0.629 bits per heavy atom. The molecular formula is C35H48. The highest BCUT2D eigenvalue weighted by Gasteiger charge is 2.62. The molecule has 0 aromatic heterocycles. The van der Waals surface area contributed by atoms with Crippen molar-refractivity contribution in [1.29, 1.82) is 0 Å². The van der Waals surface area contributed by atoms with E-state index in [-0.39, 0.29) is 5.41 Å². The first-order valence-corrected chi connectivity index (χ1v) is 14.8. The van der Waals surface area contributed by atoms with Gasteiger partial charge in [0.2, 0.25) is 0 Å². The van der Waals surface area contributed by atoms with Crippen LogP contribution in [-0.4, -0.2) is 0 Å². The summed E-state index contributed by atoms with van der Waals surface area (Å²) in [5.41, 5.74) is 4.85. The molecule has 7 unspecified atom stereocenters. The van der Waals surface area contributed by atoms with Gasteiger partial charge >= 0.3 is 0 Å². The lowest BCUT2D eigenvalue weighted by Gasteiger charge is -2.63.